The zero-order valence-corrected chi connectivity index (χ0v) is 16.2. The number of hydrogen-bond acceptors (Lipinski definition) is 3. The van der Waals surface area contributed by atoms with Gasteiger partial charge in [-0.1, -0.05) is 48.2 Å². The van der Waals surface area contributed by atoms with Crippen molar-refractivity contribution >= 4 is 29.1 Å². The van der Waals surface area contributed by atoms with Crippen LogP contribution in [0.3, 0.4) is 0 Å². The molecule has 3 rings (SSSR count). The largest absolute Gasteiger partial charge is 0.497 e. The molecule has 0 radical (unpaired) electrons. The number of nitrogens with one attached hydrogen (secondary N) is 1. The first-order chi connectivity index (χ1) is 12.6. The Bertz CT molecular complexity index is 756. The highest BCUT2D eigenvalue weighted by molar-refractivity contribution is 6.36. The van der Waals surface area contributed by atoms with Gasteiger partial charge in [0, 0.05) is 18.0 Å². The van der Waals surface area contributed by atoms with Gasteiger partial charge in [0.1, 0.15) is 5.75 Å². The number of rotatable bonds is 6. The van der Waals surface area contributed by atoms with Crippen molar-refractivity contribution in [3.05, 3.63) is 57.8 Å². The Labute approximate surface area is 163 Å². The number of amides is 1. The summed E-state index contributed by atoms with van der Waals surface area (Å²) in [6.45, 7) is 0. The summed E-state index contributed by atoms with van der Waals surface area (Å²) in [4.78, 5) is 16.7. The summed E-state index contributed by atoms with van der Waals surface area (Å²) in [5.74, 6) is 1.12. The quantitative estimate of drug-likeness (QED) is 0.753. The Balaban J connectivity index is 1.80. The molecular weight excluding hydrogens is 371 g/mol. The maximum absolute atomic E-state index is 12.7. The molecule has 4 nitrogen and oxygen atoms in total. The standard InChI is InChI=1S/C20H22Cl2N2O2/c1-26-15-8-4-7-14(9-15)20(13-5-2-3-6-13)24-19(25)10-16-17(21)11-23-12-18(16)22/h4,7-9,11-13,20H,2-3,5-6,10H2,1H3,(H,24,25). The van der Waals surface area contributed by atoms with Gasteiger partial charge in [0.05, 0.1) is 29.6 Å². The number of benzene rings is 1. The Kier molecular flexibility index (Phi) is 6.38. The molecular formula is C20H22Cl2N2O2. The minimum atomic E-state index is -0.0975. The van der Waals surface area contributed by atoms with E-state index < -0.39 is 0 Å². The fraction of sp³-hybridized carbons (Fsp3) is 0.400. The minimum absolute atomic E-state index is 0.0421. The zero-order chi connectivity index (χ0) is 18.5. The second-order valence-corrected chi connectivity index (χ2v) is 7.44. The number of pyridine rings is 1. The van der Waals surface area contributed by atoms with E-state index in [1.165, 1.54) is 25.2 Å². The summed E-state index contributed by atoms with van der Waals surface area (Å²) in [5, 5.41) is 4.01. The SMILES string of the molecule is COc1cccc(C(NC(=O)Cc2c(Cl)cncc2Cl)C2CCCC2)c1. The maximum atomic E-state index is 12.7. The number of hydrogen-bond donors (Lipinski definition) is 1. The summed E-state index contributed by atoms with van der Waals surface area (Å²) in [6, 6.07) is 7.86. The summed E-state index contributed by atoms with van der Waals surface area (Å²) >= 11 is 12.3. The molecule has 0 aliphatic heterocycles. The highest BCUT2D eigenvalue weighted by Gasteiger charge is 2.28. The molecule has 1 atom stereocenters. The molecule has 0 bridgehead atoms. The van der Waals surface area contributed by atoms with Gasteiger partial charge in [0.2, 0.25) is 5.91 Å². The van der Waals surface area contributed by atoms with Gasteiger partial charge in [-0.05, 0) is 36.5 Å². The number of halogens is 2. The van der Waals surface area contributed by atoms with Gasteiger partial charge in [0.25, 0.3) is 0 Å². The van der Waals surface area contributed by atoms with Gasteiger partial charge in [-0.25, -0.2) is 0 Å². The number of nitrogens with zero attached hydrogens (tertiary/aromatic N) is 1. The molecule has 138 valence electrons. The van der Waals surface area contributed by atoms with E-state index in [-0.39, 0.29) is 18.4 Å². The van der Waals surface area contributed by atoms with Gasteiger partial charge < -0.3 is 10.1 Å². The van der Waals surface area contributed by atoms with Gasteiger partial charge >= 0.3 is 0 Å². The maximum Gasteiger partial charge on any atom is 0.225 e. The monoisotopic (exact) mass is 392 g/mol. The first-order valence-corrected chi connectivity index (χ1v) is 9.55. The van der Waals surface area contributed by atoms with Gasteiger partial charge in [0.15, 0.2) is 0 Å². The number of aromatic nitrogens is 1. The van der Waals surface area contributed by atoms with Crippen LogP contribution < -0.4 is 10.1 Å². The molecule has 1 amide bonds. The van der Waals surface area contributed by atoms with Crippen LogP contribution in [0.2, 0.25) is 10.0 Å². The van der Waals surface area contributed by atoms with Crippen molar-refractivity contribution in [1.82, 2.24) is 10.3 Å². The number of carbonyl (C=O) groups excluding carboxylic acids is 1. The summed E-state index contributed by atoms with van der Waals surface area (Å²) in [5.41, 5.74) is 1.67. The highest BCUT2D eigenvalue weighted by atomic mass is 35.5. The van der Waals surface area contributed by atoms with Crippen molar-refractivity contribution in [2.24, 2.45) is 5.92 Å². The van der Waals surface area contributed by atoms with Crippen molar-refractivity contribution in [2.75, 3.05) is 7.11 Å². The average Bonchev–Trinajstić information content (AvgIpc) is 3.17. The normalized spacial score (nSPS) is 15.7. The molecule has 1 heterocycles. The van der Waals surface area contributed by atoms with Crippen LogP contribution in [0.4, 0.5) is 0 Å². The number of ether oxygens (including phenoxy) is 1. The van der Waals surface area contributed by atoms with E-state index in [1.807, 2.05) is 24.3 Å². The molecule has 0 saturated heterocycles. The molecule has 1 fully saturated rings. The summed E-state index contributed by atoms with van der Waals surface area (Å²) in [6.07, 6.45) is 7.76. The molecule has 1 aliphatic rings. The lowest BCUT2D eigenvalue weighted by atomic mass is 9.91. The lowest BCUT2D eigenvalue weighted by Crippen LogP contribution is -2.34. The molecule has 1 N–H and O–H groups in total. The van der Waals surface area contributed by atoms with E-state index in [4.69, 9.17) is 27.9 Å². The van der Waals surface area contributed by atoms with Gasteiger partial charge in [-0.15, -0.1) is 0 Å². The lowest BCUT2D eigenvalue weighted by molar-refractivity contribution is -0.121. The average molecular weight is 393 g/mol. The van der Waals surface area contributed by atoms with E-state index >= 15 is 0 Å². The van der Waals surface area contributed by atoms with E-state index in [0.717, 1.165) is 24.2 Å². The third kappa shape index (κ3) is 4.49. The van der Waals surface area contributed by atoms with Crippen LogP contribution in [0.5, 0.6) is 5.75 Å². The second-order valence-electron chi connectivity index (χ2n) is 6.62. The van der Waals surface area contributed by atoms with Gasteiger partial charge in [-0.2, -0.15) is 0 Å². The van der Waals surface area contributed by atoms with Crippen molar-refractivity contribution in [3.8, 4) is 5.75 Å². The van der Waals surface area contributed by atoms with E-state index in [2.05, 4.69) is 10.3 Å². The van der Waals surface area contributed by atoms with Crippen LogP contribution in [0, 0.1) is 5.92 Å². The van der Waals surface area contributed by atoms with Crippen molar-refractivity contribution in [1.29, 1.82) is 0 Å². The highest BCUT2D eigenvalue weighted by Crippen LogP contribution is 2.37. The lowest BCUT2D eigenvalue weighted by Gasteiger charge is -2.26. The van der Waals surface area contributed by atoms with Crippen LogP contribution >= 0.6 is 23.2 Å². The molecule has 6 heteroatoms. The molecule has 1 saturated carbocycles. The van der Waals surface area contributed by atoms with E-state index in [1.54, 1.807) is 7.11 Å². The first-order valence-electron chi connectivity index (χ1n) is 8.79. The smallest absolute Gasteiger partial charge is 0.225 e. The predicted molar refractivity (Wildman–Crippen MR) is 104 cm³/mol. The molecule has 1 aromatic heterocycles. The number of carbonyl (C=O) groups is 1. The van der Waals surface area contributed by atoms with Crippen molar-refractivity contribution in [2.45, 2.75) is 38.1 Å². The topological polar surface area (TPSA) is 51.2 Å². The van der Waals surface area contributed by atoms with E-state index in [0.29, 0.717) is 21.5 Å². The third-order valence-corrected chi connectivity index (χ3v) is 5.58. The second kappa shape index (κ2) is 8.74. The predicted octanol–water partition coefficient (Wildman–Crippen LogP) is 4.99. The minimum Gasteiger partial charge on any atom is -0.497 e. The Morgan fingerprint density at radius 3 is 2.62 bits per heavy atom. The van der Waals surface area contributed by atoms with Crippen LogP contribution in [-0.4, -0.2) is 18.0 Å². The van der Waals surface area contributed by atoms with Crippen LogP contribution in [0.1, 0.15) is 42.9 Å². The fourth-order valence-electron chi connectivity index (χ4n) is 3.59. The molecule has 1 aliphatic carbocycles. The van der Waals surface area contributed by atoms with Crippen molar-refractivity contribution in [3.63, 3.8) is 0 Å². The molecule has 1 unspecified atom stereocenters. The number of methoxy groups -OCH3 is 1. The summed E-state index contributed by atoms with van der Waals surface area (Å²) in [7, 11) is 1.65. The van der Waals surface area contributed by atoms with E-state index in [9.17, 15) is 4.79 Å². The first kappa shape index (κ1) is 19.0. The summed E-state index contributed by atoms with van der Waals surface area (Å²) < 4.78 is 5.35. The molecule has 2 aromatic rings. The third-order valence-electron chi connectivity index (χ3n) is 4.93. The Morgan fingerprint density at radius 1 is 1.27 bits per heavy atom. The van der Waals surface area contributed by atoms with Gasteiger partial charge in [-0.3, -0.25) is 9.78 Å². The molecule has 1 aromatic carbocycles. The zero-order valence-electron chi connectivity index (χ0n) is 14.7. The van der Waals surface area contributed by atoms with Crippen LogP contribution in [0.15, 0.2) is 36.7 Å². The molecule has 26 heavy (non-hydrogen) atoms. The van der Waals surface area contributed by atoms with Crippen LogP contribution in [0.25, 0.3) is 0 Å². The molecule has 0 spiro atoms. The Hall–Kier alpha value is -1.78. The fourth-order valence-corrected chi connectivity index (χ4v) is 4.09. The Morgan fingerprint density at radius 2 is 1.96 bits per heavy atom. The van der Waals surface area contributed by atoms with Crippen molar-refractivity contribution < 1.29 is 9.53 Å². The van der Waals surface area contributed by atoms with Crippen LogP contribution in [-0.2, 0) is 11.2 Å².